The van der Waals surface area contributed by atoms with Gasteiger partial charge < -0.3 is 4.90 Å². The Balaban J connectivity index is 1.86. The highest BCUT2D eigenvalue weighted by molar-refractivity contribution is 7.16. The zero-order valence-electron chi connectivity index (χ0n) is 11.3. The fourth-order valence-corrected chi connectivity index (χ4v) is 3.72. The van der Waals surface area contributed by atoms with Crippen molar-refractivity contribution in [1.82, 2.24) is 9.88 Å². The predicted molar refractivity (Wildman–Crippen MR) is 78.5 cm³/mol. The van der Waals surface area contributed by atoms with Crippen molar-refractivity contribution in [1.29, 1.82) is 0 Å². The van der Waals surface area contributed by atoms with E-state index in [4.69, 9.17) is 0 Å². The van der Waals surface area contributed by atoms with Gasteiger partial charge in [0.1, 0.15) is 0 Å². The van der Waals surface area contributed by atoms with Gasteiger partial charge >= 0.3 is 0 Å². The Morgan fingerprint density at radius 2 is 2.05 bits per heavy atom. The molecule has 19 heavy (non-hydrogen) atoms. The highest BCUT2D eigenvalue weighted by Crippen LogP contribution is 2.24. The number of hydrogen-bond acceptors (Lipinski definition) is 3. The quantitative estimate of drug-likeness (QED) is 0.798. The van der Waals surface area contributed by atoms with Crippen LogP contribution in [0.2, 0.25) is 0 Å². The average Bonchev–Trinajstić information content (AvgIpc) is 2.83. The van der Waals surface area contributed by atoms with Crippen molar-refractivity contribution in [3.05, 3.63) is 29.3 Å². The molecule has 4 heteroatoms. The highest BCUT2D eigenvalue weighted by Gasteiger charge is 2.26. The van der Waals surface area contributed by atoms with Crippen LogP contribution in [0.1, 0.15) is 30.6 Å². The molecule has 2 heterocycles. The first kappa shape index (κ1) is 12.6. The van der Waals surface area contributed by atoms with E-state index in [-0.39, 0.29) is 5.91 Å². The Kier molecular flexibility index (Phi) is 3.27. The van der Waals surface area contributed by atoms with Crippen LogP contribution < -0.4 is 0 Å². The first-order valence-corrected chi connectivity index (χ1v) is 7.64. The number of aromatic nitrogens is 1. The number of piperidine rings is 1. The highest BCUT2D eigenvalue weighted by atomic mass is 32.1. The Morgan fingerprint density at radius 3 is 2.79 bits per heavy atom. The van der Waals surface area contributed by atoms with Gasteiger partial charge in [-0.25, -0.2) is 4.98 Å². The van der Waals surface area contributed by atoms with E-state index < -0.39 is 0 Å². The lowest BCUT2D eigenvalue weighted by Crippen LogP contribution is -2.42. The van der Waals surface area contributed by atoms with Gasteiger partial charge in [-0.2, -0.15) is 0 Å². The third-order valence-electron chi connectivity index (χ3n) is 3.73. The average molecular weight is 274 g/mol. The number of carbonyl (C=O) groups excluding carboxylic acids is 1. The lowest BCUT2D eigenvalue weighted by molar-refractivity contribution is 0.0623. The molecule has 100 valence electrons. The Hall–Kier alpha value is -1.42. The molecular weight excluding hydrogens is 256 g/mol. The van der Waals surface area contributed by atoms with E-state index >= 15 is 0 Å². The summed E-state index contributed by atoms with van der Waals surface area (Å²) in [6, 6.07) is 5.81. The van der Waals surface area contributed by atoms with Crippen molar-refractivity contribution in [2.45, 2.75) is 20.3 Å². The zero-order valence-corrected chi connectivity index (χ0v) is 12.1. The van der Waals surface area contributed by atoms with Gasteiger partial charge in [0.05, 0.1) is 15.7 Å². The van der Waals surface area contributed by atoms with E-state index in [1.165, 1.54) is 6.42 Å². The molecule has 0 spiro atoms. The van der Waals surface area contributed by atoms with Gasteiger partial charge in [-0.1, -0.05) is 13.8 Å². The summed E-state index contributed by atoms with van der Waals surface area (Å²) in [5, 5.41) is 0. The van der Waals surface area contributed by atoms with Crippen molar-refractivity contribution < 1.29 is 4.79 Å². The molecule has 0 N–H and O–H groups in total. The Morgan fingerprint density at radius 1 is 1.32 bits per heavy atom. The van der Waals surface area contributed by atoms with Gasteiger partial charge in [-0.15, -0.1) is 11.3 Å². The molecule has 0 aliphatic carbocycles. The molecule has 1 aromatic heterocycles. The molecule has 1 amide bonds. The zero-order chi connectivity index (χ0) is 13.4. The molecule has 0 radical (unpaired) electrons. The second kappa shape index (κ2) is 4.93. The summed E-state index contributed by atoms with van der Waals surface area (Å²) in [6.45, 7) is 6.21. The molecule has 3 nitrogen and oxygen atoms in total. The fraction of sp³-hybridized carbons (Fsp3) is 0.467. The minimum absolute atomic E-state index is 0.161. The lowest BCUT2D eigenvalue weighted by atomic mass is 9.91. The fourth-order valence-electron chi connectivity index (χ4n) is 3.00. The molecule has 1 saturated heterocycles. The number of nitrogens with zero attached hydrogens (tertiary/aromatic N) is 2. The summed E-state index contributed by atoms with van der Waals surface area (Å²) in [7, 11) is 0. The number of benzene rings is 1. The maximum Gasteiger partial charge on any atom is 0.253 e. The number of carbonyl (C=O) groups is 1. The molecule has 0 saturated carbocycles. The van der Waals surface area contributed by atoms with Crippen LogP contribution >= 0.6 is 11.3 Å². The number of amides is 1. The first-order valence-electron chi connectivity index (χ1n) is 6.76. The standard InChI is InChI=1S/C15H18N2OS/c1-10-5-11(2)8-17(7-10)15(18)12-3-4-13-14(6-12)19-9-16-13/h3-4,6,9-11H,5,7-8H2,1-2H3/t10-,11+. The first-order chi connectivity index (χ1) is 9.13. The monoisotopic (exact) mass is 274 g/mol. The summed E-state index contributed by atoms with van der Waals surface area (Å²) in [5.41, 5.74) is 3.59. The van der Waals surface area contributed by atoms with Gasteiger partial charge in [-0.3, -0.25) is 4.79 Å². The number of likely N-dealkylation sites (tertiary alicyclic amines) is 1. The van der Waals surface area contributed by atoms with Crippen molar-refractivity contribution in [3.8, 4) is 0 Å². The van der Waals surface area contributed by atoms with Gasteiger partial charge in [-0.05, 0) is 36.5 Å². The Labute approximate surface area is 117 Å². The number of thiazole rings is 1. The topological polar surface area (TPSA) is 33.2 Å². The maximum atomic E-state index is 12.6. The van der Waals surface area contributed by atoms with Crippen LogP contribution in [0.5, 0.6) is 0 Å². The van der Waals surface area contributed by atoms with Crippen LogP contribution in [0.4, 0.5) is 0 Å². The molecule has 1 fully saturated rings. The van der Waals surface area contributed by atoms with Crippen molar-refractivity contribution in [2.24, 2.45) is 11.8 Å². The minimum atomic E-state index is 0.161. The van der Waals surface area contributed by atoms with Crippen LogP contribution in [0, 0.1) is 11.8 Å². The summed E-state index contributed by atoms with van der Waals surface area (Å²) in [6.07, 6.45) is 1.22. The van der Waals surface area contributed by atoms with Gasteiger partial charge in [0.25, 0.3) is 5.91 Å². The SMILES string of the molecule is C[C@@H]1C[C@H](C)CN(C(=O)c2ccc3ncsc3c2)C1. The number of fused-ring (bicyclic) bond motifs is 1. The maximum absolute atomic E-state index is 12.6. The van der Waals surface area contributed by atoms with E-state index in [1.54, 1.807) is 11.3 Å². The van der Waals surface area contributed by atoms with Crippen LogP contribution in [0.25, 0.3) is 10.2 Å². The van der Waals surface area contributed by atoms with Crippen molar-refractivity contribution in [3.63, 3.8) is 0 Å². The third-order valence-corrected chi connectivity index (χ3v) is 4.53. The molecule has 3 rings (SSSR count). The Bertz CT molecular complexity index is 597. The minimum Gasteiger partial charge on any atom is -0.338 e. The molecule has 1 aliphatic rings. The molecular formula is C15H18N2OS. The largest absolute Gasteiger partial charge is 0.338 e. The second-order valence-electron chi connectivity index (χ2n) is 5.69. The van der Waals surface area contributed by atoms with Crippen molar-refractivity contribution >= 4 is 27.5 Å². The van der Waals surface area contributed by atoms with Crippen LogP contribution in [-0.4, -0.2) is 28.9 Å². The molecule has 2 aromatic rings. The lowest BCUT2D eigenvalue weighted by Gasteiger charge is -2.35. The van der Waals surface area contributed by atoms with Crippen LogP contribution in [0.3, 0.4) is 0 Å². The van der Waals surface area contributed by atoms with Crippen LogP contribution in [-0.2, 0) is 0 Å². The summed E-state index contributed by atoms with van der Waals surface area (Å²) in [5.74, 6) is 1.35. The van der Waals surface area contributed by atoms with E-state index in [0.29, 0.717) is 11.8 Å². The van der Waals surface area contributed by atoms with Crippen LogP contribution in [0.15, 0.2) is 23.7 Å². The molecule has 0 unspecified atom stereocenters. The van der Waals surface area contributed by atoms with Gasteiger partial charge in [0.2, 0.25) is 0 Å². The molecule has 2 atom stereocenters. The summed E-state index contributed by atoms with van der Waals surface area (Å²) >= 11 is 1.58. The summed E-state index contributed by atoms with van der Waals surface area (Å²) < 4.78 is 1.09. The van der Waals surface area contributed by atoms with E-state index in [1.807, 2.05) is 28.6 Å². The van der Waals surface area contributed by atoms with Crippen molar-refractivity contribution in [2.75, 3.05) is 13.1 Å². The van der Waals surface area contributed by atoms with E-state index in [2.05, 4.69) is 18.8 Å². The molecule has 1 aliphatic heterocycles. The summed E-state index contributed by atoms with van der Waals surface area (Å²) in [4.78, 5) is 18.8. The number of hydrogen-bond donors (Lipinski definition) is 0. The molecule has 0 bridgehead atoms. The predicted octanol–water partition coefficient (Wildman–Crippen LogP) is 3.41. The normalized spacial score (nSPS) is 23.8. The second-order valence-corrected chi connectivity index (χ2v) is 6.58. The molecule has 1 aromatic carbocycles. The van der Waals surface area contributed by atoms with E-state index in [0.717, 1.165) is 28.9 Å². The van der Waals surface area contributed by atoms with Gasteiger partial charge in [0.15, 0.2) is 0 Å². The van der Waals surface area contributed by atoms with E-state index in [9.17, 15) is 4.79 Å². The smallest absolute Gasteiger partial charge is 0.253 e. The number of rotatable bonds is 1. The van der Waals surface area contributed by atoms with Gasteiger partial charge in [0, 0.05) is 18.7 Å². The third kappa shape index (κ3) is 2.50.